The Morgan fingerprint density at radius 1 is 1.21 bits per heavy atom. The van der Waals surface area contributed by atoms with E-state index >= 15 is 0 Å². The molecular formula is C22H27BrN2O3. The predicted octanol–water partition coefficient (Wildman–Crippen LogP) is 5.06. The van der Waals surface area contributed by atoms with E-state index in [0.29, 0.717) is 18.1 Å². The number of amides is 1. The first-order valence-corrected chi connectivity index (χ1v) is 10.0. The first-order chi connectivity index (χ1) is 13.2. The lowest BCUT2D eigenvalue weighted by molar-refractivity contribution is -0.127. The van der Waals surface area contributed by atoms with Gasteiger partial charge in [0, 0.05) is 10.0 Å². The molecule has 0 saturated carbocycles. The van der Waals surface area contributed by atoms with Crippen LogP contribution in [0.5, 0.6) is 11.5 Å². The van der Waals surface area contributed by atoms with E-state index in [1.807, 2.05) is 49.4 Å². The number of rotatable bonds is 7. The SMILES string of the molecule is CCOc1ccc(Br)cc1/C=N/NC(=O)C(C)Oc1ccc(C(C)(C)C)cc1. The topological polar surface area (TPSA) is 59.9 Å². The number of nitrogens with one attached hydrogen (secondary N) is 1. The predicted molar refractivity (Wildman–Crippen MR) is 116 cm³/mol. The van der Waals surface area contributed by atoms with Crippen LogP contribution >= 0.6 is 15.9 Å². The first kappa shape index (κ1) is 22.0. The van der Waals surface area contributed by atoms with Gasteiger partial charge in [-0.3, -0.25) is 4.79 Å². The summed E-state index contributed by atoms with van der Waals surface area (Å²) in [7, 11) is 0. The third-order valence-corrected chi connectivity index (χ3v) is 4.55. The van der Waals surface area contributed by atoms with Crippen molar-refractivity contribution in [1.29, 1.82) is 0 Å². The highest BCUT2D eigenvalue weighted by atomic mass is 79.9. The molecular weight excluding hydrogens is 420 g/mol. The Balaban J connectivity index is 1.96. The zero-order valence-corrected chi connectivity index (χ0v) is 18.5. The summed E-state index contributed by atoms with van der Waals surface area (Å²) >= 11 is 3.42. The minimum atomic E-state index is -0.675. The van der Waals surface area contributed by atoms with Crippen LogP contribution in [0.2, 0.25) is 0 Å². The van der Waals surface area contributed by atoms with Gasteiger partial charge in [0.1, 0.15) is 11.5 Å². The number of nitrogens with zero attached hydrogens (tertiary/aromatic N) is 1. The molecule has 1 atom stereocenters. The molecule has 0 aliphatic heterocycles. The lowest BCUT2D eigenvalue weighted by Crippen LogP contribution is -2.33. The van der Waals surface area contributed by atoms with Crippen LogP contribution in [-0.2, 0) is 10.2 Å². The number of halogens is 1. The van der Waals surface area contributed by atoms with Gasteiger partial charge in [-0.2, -0.15) is 5.10 Å². The van der Waals surface area contributed by atoms with E-state index in [-0.39, 0.29) is 11.3 Å². The van der Waals surface area contributed by atoms with E-state index in [4.69, 9.17) is 9.47 Å². The van der Waals surface area contributed by atoms with Gasteiger partial charge in [-0.1, -0.05) is 48.8 Å². The largest absolute Gasteiger partial charge is 0.493 e. The Morgan fingerprint density at radius 2 is 1.89 bits per heavy atom. The molecule has 0 aliphatic rings. The molecule has 0 spiro atoms. The van der Waals surface area contributed by atoms with Gasteiger partial charge in [0.15, 0.2) is 6.10 Å². The zero-order chi connectivity index (χ0) is 20.7. The van der Waals surface area contributed by atoms with Gasteiger partial charge in [-0.25, -0.2) is 5.43 Å². The minimum absolute atomic E-state index is 0.0724. The second-order valence-electron chi connectivity index (χ2n) is 7.38. The Labute approximate surface area is 175 Å². The Morgan fingerprint density at radius 3 is 2.50 bits per heavy atom. The van der Waals surface area contributed by atoms with Crippen molar-refractivity contribution in [1.82, 2.24) is 5.43 Å². The Bertz CT molecular complexity index is 827. The molecule has 2 rings (SSSR count). The summed E-state index contributed by atoms with van der Waals surface area (Å²) in [5.41, 5.74) is 4.56. The maximum Gasteiger partial charge on any atom is 0.280 e. The molecule has 0 radical (unpaired) electrons. The fraction of sp³-hybridized carbons (Fsp3) is 0.364. The van der Waals surface area contributed by atoms with Crippen LogP contribution in [0.3, 0.4) is 0 Å². The summed E-state index contributed by atoms with van der Waals surface area (Å²) < 4.78 is 12.2. The molecule has 28 heavy (non-hydrogen) atoms. The lowest BCUT2D eigenvalue weighted by Gasteiger charge is -2.20. The normalized spacial score (nSPS) is 12.6. The van der Waals surface area contributed by atoms with Crippen LogP contribution < -0.4 is 14.9 Å². The summed E-state index contributed by atoms with van der Waals surface area (Å²) in [6.07, 6.45) is 0.880. The molecule has 0 bridgehead atoms. The molecule has 1 amide bonds. The number of hydrogen-bond acceptors (Lipinski definition) is 4. The highest BCUT2D eigenvalue weighted by molar-refractivity contribution is 9.10. The van der Waals surface area contributed by atoms with Gasteiger partial charge < -0.3 is 9.47 Å². The Kier molecular flexibility index (Phi) is 7.63. The second kappa shape index (κ2) is 9.73. The third kappa shape index (κ3) is 6.37. The van der Waals surface area contributed by atoms with Crippen LogP contribution in [0, 0.1) is 0 Å². The third-order valence-electron chi connectivity index (χ3n) is 4.05. The highest BCUT2D eigenvalue weighted by Gasteiger charge is 2.16. The molecule has 2 aromatic rings. The highest BCUT2D eigenvalue weighted by Crippen LogP contribution is 2.25. The molecule has 0 saturated heterocycles. The van der Waals surface area contributed by atoms with Crippen LogP contribution in [0.1, 0.15) is 45.7 Å². The maximum atomic E-state index is 12.3. The molecule has 0 fully saturated rings. The molecule has 1 N–H and O–H groups in total. The van der Waals surface area contributed by atoms with Crippen molar-refractivity contribution < 1.29 is 14.3 Å². The van der Waals surface area contributed by atoms with Gasteiger partial charge in [0.05, 0.1) is 12.8 Å². The second-order valence-corrected chi connectivity index (χ2v) is 8.30. The van der Waals surface area contributed by atoms with Crippen molar-refractivity contribution in [2.75, 3.05) is 6.61 Å². The standard InChI is InChI=1S/C22H27BrN2O3/c1-6-27-20-12-9-18(23)13-16(20)14-24-25-21(26)15(2)28-19-10-7-17(8-11-19)22(3,4)5/h7-15H,6H2,1-5H3,(H,25,26)/b24-14+. The minimum Gasteiger partial charge on any atom is -0.493 e. The van der Waals surface area contributed by atoms with Crippen LogP contribution in [-0.4, -0.2) is 24.8 Å². The van der Waals surface area contributed by atoms with Crippen LogP contribution in [0.15, 0.2) is 52.0 Å². The van der Waals surface area contributed by atoms with Crippen LogP contribution in [0.4, 0.5) is 0 Å². The van der Waals surface area contributed by atoms with Crippen molar-refractivity contribution in [3.05, 3.63) is 58.1 Å². The van der Waals surface area contributed by atoms with Crippen molar-refractivity contribution in [3.63, 3.8) is 0 Å². The van der Waals surface area contributed by atoms with Crippen molar-refractivity contribution in [2.24, 2.45) is 5.10 Å². The van der Waals surface area contributed by atoms with Crippen molar-refractivity contribution in [3.8, 4) is 11.5 Å². The molecule has 2 aromatic carbocycles. The average molecular weight is 447 g/mol. The van der Waals surface area contributed by atoms with Gasteiger partial charge in [-0.15, -0.1) is 0 Å². The van der Waals surface area contributed by atoms with Crippen molar-refractivity contribution >= 4 is 28.1 Å². The van der Waals surface area contributed by atoms with E-state index in [2.05, 4.69) is 47.2 Å². The van der Waals surface area contributed by atoms with Crippen molar-refractivity contribution in [2.45, 2.75) is 46.1 Å². The van der Waals surface area contributed by atoms with E-state index in [0.717, 1.165) is 10.0 Å². The summed E-state index contributed by atoms with van der Waals surface area (Å²) in [5.74, 6) is 1.02. The molecule has 150 valence electrons. The fourth-order valence-corrected chi connectivity index (χ4v) is 2.83. The fourth-order valence-electron chi connectivity index (χ4n) is 2.45. The number of hydrazone groups is 1. The van der Waals surface area contributed by atoms with E-state index < -0.39 is 6.10 Å². The monoisotopic (exact) mass is 446 g/mol. The first-order valence-electron chi connectivity index (χ1n) is 9.23. The number of hydrogen-bond donors (Lipinski definition) is 1. The number of benzene rings is 2. The van der Waals surface area contributed by atoms with Gasteiger partial charge >= 0.3 is 0 Å². The summed E-state index contributed by atoms with van der Waals surface area (Å²) in [6, 6.07) is 13.4. The molecule has 5 nitrogen and oxygen atoms in total. The molecule has 0 aromatic heterocycles. The zero-order valence-electron chi connectivity index (χ0n) is 17.0. The summed E-state index contributed by atoms with van der Waals surface area (Å²) in [6.45, 7) is 10.6. The maximum absolute atomic E-state index is 12.3. The van der Waals surface area contributed by atoms with E-state index in [1.165, 1.54) is 5.56 Å². The molecule has 0 heterocycles. The summed E-state index contributed by atoms with van der Waals surface area (Å²) in [4.78, 5) is 12.3. The average Bonchev–Trinajstić information content (AvgIpc) is 2.63. The molecule has 0 aliphatic carbocycles. The smallest absolute Gasteiger partial charge is 0.280 e. The molecule has 1 unspecified atom stereocenters. The van der Waals surface area contributed by atoms with Gasteiger partial charge in [0.2, 0.25) is 0 Å². The van der Waals surface area contributed by atoms with E-state index in [1.54, 1.807) is 13.1 Å². The number of ether oxygens (including phenoxy) is 2. The summed E-state index contributed by atoms with van der Waals surface area (Å²) in [5, 5.41) is 4.03. The number of carbonyl (C=O) groups excluding carboxylic acids is 1. The van der Waals surface area contributed by atoms with Gasteiger partial charge in [0.25, 0.3) is 5.91 Å². The lowest BCUT2D eigenvalue weighted by atomic mass is 9.87. The quantitative estimate of drug-likeness (QED) is 0.477. The number of carbonyl (C=O) groups is 1. The van der Waals surface area contributed by atoms with Gasteiger partial charge in [-0.05, 0) is 55.2 Å². The van der Waals surface area contributed by atoms with E-state index in [9.17, 15) is 4.79 Å². The Hall–Kier alpha value is -2.34. The van der Waals surface area contributed by atoms with Crippen LogP contribution in [0.25, 0.3) is 0 Å². The molecule has 6 heteroatoms.